The van der Waals surface area contributed by atoms with Crippen LogP contribution in [0.25, 0.3) is 11.0 Å². The fraction of sp³-hybridized carbons (Fsp3) is 0.400. The topological polar surface area (TPSA) is 53.7 Å². The second kappa shape index (κ2) is 5.89. The van der Waals surface area contributed by atoms with E-state index in [1.165, 1.54) is 0 Å². The van der Waals surface area contributed by atoms with E-state index >= 15 is 0 Å². The van der Waals surface area contributed by atoms with Crippen molar-refractivity contribution in [3.63, 3.8) is 0 Å². The third-order valence-corrected chi connectivity index (χ3v) is 3.34. The second-order valence-corrected chi connectivity index (χ2v) is 4.76. The third-order valence-electron chi connectivity index (χ3n) is 3.34. The Hall–Kier alpha value is -1.81. The number of carboxylic acids is 1. The summed E-state index contributed by atoms with van der Waals surface area (Å²) in [6.45, 7) is 5.40. The first-order valence-electron chi connectivity index (χ1n) is 6.53. The SMILES string of the molecule is CCN(Cc1cc2ccccc2o1)C(C)CC(=O)O. The number of nitrogens with zero attached hydrogens (tertiary/aromatic N) is 1. The predicted octanol–water partition coefficient (Wildman–Crippen LogP) is 3.12. The normalized spacial score (nSPS) is 13.0. The number of carboxylic acid groups (broad SMARTS) is 1. The van der Waals surface area contributed by atoms with Gasteiger partial charge in [-0.25, -0.2) is 0 Å². The molecule has 0 amide bonds. The summed E-state index contributed by atoms with van der Waals surface area (Å²) in [6.07, 6.45) is 0.147. The summed E-state index contributed by atoms with van der Waals surface area (Å²) >= 11 is 0. The first-order chi connectivity index (χ1) is 9.10. The lowest BCUT2D eigenvalue weighted by Crippen LogP contribution is -2.33. The first-order valence-corrected chi connectivity index (χ1v) is 6.53. The van der Waals surface area contributed by atoms with Gasteiger partial charge in [0.25, 0.3) is 0 Å². The molecule has 0 fully saturated rings. The average Bonchev–Trinajstić information content (AvgIpc) is 2.77. The molecule has 2 rings (SSSR count). The quantitative estimate of drug-likeness (QED) is 0.868. The Bertz CT molecular complexity index is 528. The maximum atomic E-state index is 10.8. The molecule has 1 aromatic carbocycles. The molecule has 0 aliphatic rings. The molecule has 1 atom stereocenters. The van der Waals surface area contributed by atoms with E-state index in [-0.39, 0.29) is 12.5 Å². The lowest BCUT2D eigenvalue weighted by atomic mass is 10.2. The van der Waals surface area contributed by atoms with Crippen molar-refractivity contribution in [2.45, 2.75) is 32.9 Å². The average molecular weight is 261 g/mol. The molecule has 19 heavy (non-hydrogen) atoms. The smallest absolute Gasteiger partial charge is 0.304 e. The zero-order valence-electron chi connectivity index (χ0n) is 11.3. The van der Waals surface area contributed by atoms with Crippen LogP contribution in [0.4, 0.5) is 0 Å². The van der Waals surface area contributed by atoms with Crippen LogP contribution in [-0.4, -0.2) is 28.6 Å². The fourth-order valence-corrected chi connectivity index (χ4v) is 2.28. The molecular weight excluding hydrogens is 242 g/mol. The predicted molar refractivity (Wildman–Crippen MR) is 74.0 cm³/mol. The van der Waals surface area contributed by atoms with E-state index in [0.717, 1.165) is 23.3 Å². The summed E-state index contributed by atoms with van der Waals surface area (Å²) in [5, 5.41) is 9.94. The van der Waals surface area contributed by atoms with Gasteiger partial charge in [0.2, 0.25) is 0 Å². The molecular formula is C15H19NO3. The Morgan fingerprint density at radius 3 is 2.79 bits per heavy atom. The van der Waals surface area contributed by atoms with Crippen molar-refractivity contribution in [1.82, 2.24) is 4.90 Å². The molecule has 0 saturated carbocycles. The highest BCUT2D eigenvalue weighted by atomic mass is 16.4. The van der Waals surface area contributed by atoms with Crippen LogP contribution in [-0.2, 0) is 11.3 Å². The summed E-state index contributed by atoms with van der Waals surface area (Å²) in [5.74, 6) is 0.107. The van der Waals surface area contributed by atoms with E-state index in [0.29, 0.717) is 6.54 Å². The molecule has 1 unspecified atom stereocenters. The minimum atomic E-state index is -0.768. The molecule has 1 heterocycles. The summed E-state index contributed by atoms with van der Waals surface area (Å²) in [6, 6.07) is 9.89. The van der Waals surface area contributed by atoms with Crippen LogP contribution in [0.2, 0.25) is 0 Å². The Labute approximate surface area is 112 Å². The first kappa shape index (κ1) is 13.6. The van der Waals surface area contributed by atoms with Gasteiger partial charge in [-0.15, -0.1) is 0 Å². The molecule has 0 bridgehead atoms. The van der Waals surface area contributed by atoms with Gasteiger partial charge in [0.05, 0.1) is 13.0 Å². The number of carbonyl (C=O) groups is 1. The van der Waals surface area contributed by atoms with E-state index in [4.69, 9.17) is 9.52 Å². The molecule has 0 aliphatic carbocycles. The molecule has 4 heteroatoms. The number of fused-ring (bicyclic) bond motifs is 1. The van der Waals surface area contributed by atoms with E-state index in [1.807, 2.05) is 44.2 Å². The highest BCUT2D eigenvalue weighted by Gasteiger charge is 2.17. The van der Waals surface area contributed by atoms with E-state index < -0.39 is 5.97 Å². The van der Waals surface area contributed by atoms with Crippen molar-refractivity contribution in [2.24, 2.45) is 0 Å². The van der Waals surface area contributed by atoms with Crippen molar-refractivity contribution in [3.8, 4) is 0 Å². The van der Waals surface area contributed by atoms with Gasteiger partial charge in [-0.3, -0.25) is 9.69 Å². The minimum absolute atomic E-state index is 0.00397. The van der Waals surface area contributed by atoms with Crippen molar-refractivity contribution in [3.05, 3.63) is 36.1 Å². The Kier molecular flexibility index (Phi) is 4.22. The van der Waals surface area contributed by atoms with E-state index in [2.05, 4.69) is 4.90 Å². The maximum absolute atomic E-state index is 10.8. The number of hydrogen-bond acceptors (Lipinski definition) is 3. The molecule has 102 valence electrons. The van der Waals surface area contributed by atoms with Crippen LogP contribution in [0.15, 0.2) is 34.7 Å². The molecule has 0 radical (unpaired) electrons. The fourth-order valence-electron chi connectivity index (χ4n) is 2.28. The summed E-state index contributed by atoms with van der Waals surface area (Å²) in [7, 11) is 0. The van der Waals surface area contributed by atoms with Crippen molar-refractivity contribution < 1.29 is 14.3 Å². The molecule has 1 aromatic heterocycles. The zero-order valence-corrected chi connectivity index (χ0v) is 11.3. The zero-order chi connectivity index (χ0) is 13.8. The van der Waals surface area contributed by atoms with Gasteiger partial charge >= 0.3 is 5.97 Å². The van der Waals surface area contributed by atoms with Gasteiger partial charge in [0.1, 0.15) is 11.3 Å². The minimum Gasteiger partial charge on any atom is -0.481 e. The van der Waals surface area contributed by atoms with Crippen LogP contribution in [0.3, 0.4) is 0 Å². The molecule has 0 saturated heterocycles. The summed E-state index contributed by atoms with van der Waals surface area (Å²) in [4.78, 5) is 12.9. The van der Waals surface area contributed by atoms with Crippen molar-refractivity contribution in [1.29, 1.82) is 0 Å². The van der Waals surface area contributed by atoms with Crippen molar-refractivity contribution >= 4 is 16.9 Å². The van der Waals surface area contributed by atoms with Crippen LogP contribution in [0.1, 0.15) is 26.0 Å². The summed E-state index contributed by atoms with van der Waals surface area (Å²) < 4.78 is 5.77. The number of hydrogen-bond donors (Lipinski definition) is 1. The third kappa shape index (κ3) is 3.35. The lowest BCUT2D eigenvalue weighted by Gasteiger charge is -2.25. The van der Waals surface area contributed by atoms with Gasteiger partial charge in [-0.2, -0.15) is 0 Å². The second-order valence-electron chi connectivity index (χ2n) is 4.76. The van der Waals surface area contributed by atoms with Gasteiger partial charge in [-0.05, 0) is 25.6 Å². The highest BCUT2D eigenvalue weighted by Crippen LogP contribution is 2.21. The van der Waals surface area contributed by atoms with Crippen LogP contribution in [0.5, 0.6) is 0 Å². The standard InChI is InChI=1S/C15H19NO3/c1-3-16(11(2)8-15(17)18)10-13-9-12-6-4-5-7-14(12)19-13/h4-7,9,11H,3,8,10H2,1-2H3,(H,17,18). The Balaban J connectivity index is 2.11. The number of rotatable bonds is 6. The number of para-hydroxylation sites is 1. The molecule has 0 aliphatic heterocycles. The summed E-state index contributed by atoms with van der Waals surface area (Å²) in [5.41, 5.74) is 0.874. The molecule has 1 N–H and O–H groups in total. The number of benzene rings is 1. The Morgan fingerprint density at radius 2 is 2.16 bits per heavy atom. The van der Waals surface area contributed by atoms with Gasteiger partial charge in [0.15, 0.2) is 0 Å². The largest absolute Gasteiger partial charge is 0.481 e. The molecule has 0 spiro atoms. The van der Waals surface area contributed by atoms with E-state index in [1.54, 1.807) is 0 Å². The monoisotopic (exact) mass is 261 g/mol. The van der Waals surface area contributed by atoms with Gasteiger partial charge < -0.3 is 9.52 Å². The lowest BCUT2D eigenvalue weighted by molar-refractivity contribution is -0.138. The highest BCUT2D eigenvalue weighted by molar-refractivity contribution is 5.77. The van der Waals surface area contributed by atoms with Crippen LogP contribution >= 0.6 is 0 Å². The van der Waals surface area contributed by atoms with Crippen LogP contribution < -0.4 is 0 Å². The van der Waals surface area contributed by atoms with Gasteiger partial charge in [0, 0.05) is 11.4 Å². The molecule has 2 aromatic rings. The van der Waals surface area contributed by atoms with Crippen molar-refractivity contribution in [2.75, 3.05) is 6.54 Å². The Morgan fingerprint density at radius 1 is 1.42 bits per heavy atom. The van der Waals surface area contributed by atoms with Crippen LogP contribution in [0, 0.1) is 0 Å². The number of furan rings is 1. The number of aliphatic carboxylic acids is 1. The van der Waals surface area contributed by atoms with E-state index in [9.17, 15) is 4.79 Å². The maximum Gasteiger partial charge on any atom is 0.304 e. The molecule has 4 nitrogen and oxygen atoms in total. The van der Waals surface area contributed by atoms with Gasteiger partial charge in [-0.1, -0.05) is 25.1 Å².